The first-order chi connectivity index (χ1) is 6.45. The van der Waals surface area contributed by atoms with E-state index in [1.165, 1.54) is 0 Å². The van der Waals surface area contributed by atoms with E-state index in [2.05, 4.69) is 0 Å². The van der Waals surface area contributed by atoms with Gasteiger partial charge in [0, 0.05) is 0 Å². The average Bonchev–Trinajstić information content (AvgIpc) is 2.08. The molecule has 1 aliphatic rings. The summed E-state index contributed by atoms with van der Waals surface area (Å²) in [5, 5.41) is 26.2. The summed E-state index contributed by atoms with van der Waals surface area (Å²) in [6, 6.07) is -1.39. The molecule has 1 heterocycles. The number of hydrogen-bond donors (Lipinski definition) is 3. The normalized spacial score (nSPS) is 27.5. The highest BCUT2D eigenvalue weighted by atomic mass is 16.4. The summed E-state index contributed by atoms with van der Waals surface area (Å²) in [6.45, 7) is 0. The number of carboxylic acids is 1. The molecular weight excluding hydrogens is 194 g/mol. The van der Waals surface area contributed by atoms with Gasteiger partial charge in [-0.25, -0.2) is 14.5 Å². The van der Waals surface area contributed by atoms with E-state index in [-0.39, 0.29) is 17.7 Å². The van der Waals surface area contributed by atoms with Gasteiger partial charge in [0.05, 0.1) is 0 Å². The van der Waals surface area contributed by atoms with Gasteiger partial charge in [0.1, 0.15) is 12.1 Å². The summed E-state index contributed by atoms with van der Waals surface area (Å²) in [7, 11) is 0. The molecule has 0 aliphatic carbocycles. The zero-order valence-electron chi connectivity index (χ0n) is 7.08. The van der Waals surface area contributed by atoms with E-state index in [1.807, 2.05) is 0 Å². The molecule has 3 N–H and O–H groups in total. The molecule has 1 aliphatic heterocycles. The molecule has 0 bridgehead atoms. The van der Waals surface area contributed by atoms with Crippen LogP contribution in [0.4, 0.5) is 4.79 Å². The van der Waals surface area contributed by atoms with Crippen molar-refractivity contribution < 1.29 is 29.7 Å². The van der Waals surface area contributed by atoms with Crippen LogP contribution in [-0.4, -0.2) is 50.3 Å². The van der Waals surface area contributed by atoms with E-state index in [4.69, 9.17) is 15.3 Å². The molecule has 2 amide bonds. The third-order valence-electron chi connectivity index (χ3n) is 2.04. The number of aliphatic hydroxyl groups excluding tert-OH is 1. The molecule has 0 unspecified atom stereocenters. The largest absolute Gasteiger partial charge is 0.480 e. The molecule has 0 aromatic rings. The topological polar surface area (TPSA) is 115 Å². The smallest absolute Gasteiger partial charge is 0.414 e. The van der Waals surface area contributed by atoms with Crippen molar-refractivity contribution in [2.45, 2.75) is 25.0 Å². The second-order valence-electron chi connectivity index (χ2n) is 2.94. The van der Waals surface area contributed by atoms with E-state index < -0.39 is 30.1 Å². The average molecular weight is 203 g/mol. The number of piperidine rings is 1. The Labute approximate surface area is 78.6 Å². The monoisotopic (exact) mass is 203 g/mol. The first-order valence-electron chi connectivity index (χ1n) is 3.92. The van der Waals surface area contributed by atoms with Crippen molar-refractivity contribution in [1.82, 2.24) is 4.90 Å². The van der Waals surface area contributed by atoms with Crippen molar-refractivity contribution in [2.75, 3.05) is 0 Å². The van der Waals surface area contributed by atoms with Crippen molar-refractivity contribution in [3.63, 3.8) is 0 Å². The molecule has 14 heavy (non-hydrogen) atoms. The van der Waals surface area contributed by atoms with E-state index in [0.717, 1.165) is 0 Å². The van der Waals surface area contributed by atoms with Crippen LogP contribution < -0.4 is 0 Å². The van der Waals surface area contributed by atoms with Gasteiger partial charge in [0.2, 0.25) is 0 Å². The molecule has 78 valence electrons. The van der Waals surface area contributed by atoms with Gasteiger partial charge >= 0.3 is 12.1 Å². The molecule has 0 aromatic heterocycles. The van der Waals surface area contributed by atoms with Crippen LogP contribution in [0.2, 0.25) is 0 Å². The summed E-state index contributed by atoms with van der Waals surface area (Å²) in [5.74, 6) is -2.45. The lowest BCUT2D eigenvalue weighted by Gasteiger charge is -2.31. The van der Waals surface area contributed by atoms with Crippen LogP contribution in [-0.2, 0) is 9.59 Å². The van der Waals surface area contributed by atoms with Crippen molar-refractivity contribution in [1.29, 1.82) is 0 Å². The number of amides is 2. The molecule has 1 rings (SSSR count). The predicted molar refractivity (Wildman–Crippen MR) is 41.5 cm³/mol. The van der Waals surface area contributed by atoms with Crippen LogP contribution in [0.1, 0.15) is 12.8 Å². The van der Waals surface area contributed by atoms with Crippen LogP contribution in [0, 0.1) is 0 Å². The Morgan fingerprint density at radius 3 is 2.29 bits per heavy atom. The molecule has 2 atom stereocenters. The van der Waals surface area contributed by atoms with Crippen LogP contribution >= 0.6 is 0 Å². The van der Waals surface area contributed by atoms with E-state index >= 15 is 0 Å². The third-order valence-corrected chi connectivity index (χ3v) is 2.04. The van der Waals surface area contributed by atoms with Crippen molar-refractivity contribution in [3.05, 3.63) is 0 Å². The lowest BCUT2D eigenvalue weighted by Crippen LogP contribution is -2.55. The fraction of sp³-hybridized carbons (Fsp3) is 0.571. The molecule has 0 spiro atoms. The van der Waals surface area contributed by atoms with Crippen LogP contribution in [0.5, 0.6) is 0 Å². The maximum Gasteiger partial charge on any atom is 0.414 e. The number of aliphatic carboxylic acids is 1. The second kappa shape index (κ2) is 3.62. The van der Waals surface area contributed by atoms with Crippen molar-refractivity contribution in [3.8, 4) is 0 Å². The van der Waals surface area contributed by atoms with E-state index in [9.17, 15) is 14.4 Å². The Morgan fingerprint density at radius 1 is 1.29 bits per heavy atom. The summed E-state index contributed by atoms with van der Waals surface area (Å²) in [6.07, 6.45) is -3.16. The number of aliphatic hydroxyl groups is 1. The predicted octanol–water partition coefficient (Wildman–Crippen LogP) is -0.899. The molecule has 1 saturated heterocycles. The maximum atomic E-state index is 11.1. The molecule has 7 nitrogen and oxygen atoms in total. The number of carbonyl (C=O) groups is 3. The van der Waals surface area contributed by atoms with Gasteiger partial charge in [-0.1, -0.05) is 0 Å². The molecule has 1 fully saturated rings. The number of rotatable bonds is 1. The minimum absolute atomic E-state index is 0.0282. The van der Waals surface area contributed by atoms with Crippen LogP contribution in [0.15, 0.2) is 0 Å². The van der Waals surface area contributed by atoms with Crippen molar-refractivity contribution in [2.24, 2.45) is 0 Å². The summed E-state index contributed by atoms with van der Waals surface area (Å²) < 4.78 is 0. The molecule has 7 heteroatoms. The Bertz CT molecular complexity index is 288. The highest BCUT2D eigenvalue weighted by molar-refractivity contribution is 5.98. The van der Waals surface area contributed by atoms with Crippen LogP contribution in [0.25, 0.3) is 0 Å². The summed E-state index contributed by atoms with van der Waals surface area (Å²) in [4.78, 5) is 32.4. The van der Waals surface area contributed by atoms with E-state index in [0.29, 0.717) is 0 Å². The van der Waals surface area contributed by atoms with Gasteiger partial charge in [0.25, 0.3) is 5.91 Å². The Kier molecular flexibility index (Phi) is 2.70. The lowest BCUT2D eigenvalue weighted by atomic mass is 10.00. The van der Waals surface area contributed by atoms with Gasteiger partial charge < -0.3 is 15.3 Å². The number of hydrogen-bond acceptors (Lipinski definition) is 4. The fourth-order valence-corrected chi connectivity index (χ4v) is 1.34. The minimum Gasteiger partial charge on any atom is -0.480 e. The third kappa shape index (κ3) is 1.67. The highest BCUT2D eigenvalue weighted by Crippen LogP contribution is 2.19. The SMILES string of the molecule is O=C(O)[C@@H]1CC[C@@H](O)C(=O)N1C(=O)O. The number of carbonyl (C=O) groups excluding carboxylic acids is 1. The van der Waals surface area contributed by atoms with Crippen molar-refractivity contribution >= 4 is 18.0 Å². The quantitative estimate of drug-likeness (QED) is 0.508. The Balaban J connectivity index is 2.93. The maximum absolute atomic E-state index is 11.1. The van der Waals surface area contributed by atoms with Gasteiger partial charge in [0.15, 0.2) is 0 Å². The Hall–Kier alpha value is -1.63. The fourth-order valence-electron chi connectivity index (χ4n) is 1.34. The summed E-state index contributed by atoms with van der Waals surface area (Å²) in [5.41, 5.74) is 0. The summed E-state index contributed by atoms with van der Waals surface area (Å²) >= 11 is 0. The lowest BCUT2D eigenvalue weighted by molar-refractivity contribution is -0.156. The molecule has 0 saturated carbocycles. The van der Waals surface area contributed by atoms with E-state index in [1.54, 1.807) is 0 Å². The zero-order chi connectivity index (χ0) is 10.9. The molecule has 0 aromatic carbocycles. The van der Waals surface area contributed by atoms with Gasteiger partial charge in [-0.15, -0.1) is 0 Å². The number of nitrogens with zero attached hydrogens (tertiary/aromatic N) is 1. The standard InChI is InChI=1S/C7H9NO6/c9-4-2-1-3(6(11)12)8(5(4)10)7(13)14/h3-4,9H,1-2H2,(H,11,12)(H,13,14)/t3-,4+/m0/s1. The molecule has 0 radical (unpaired) electrons. The van der Waals surface area contributed by atoms with Gasteiger partial charge in [-0.2, -0.15) is 0 Å². The number of carboxylic acid groups (broad SMARTS) is 2. The minimum atomic E-state index is -1.65. The van der Waals surface area contributed by atoms with Gasteiger partial charge in [-0.3, -0.25) is 4.79 Å². The second-order valence-corrected chi connectivity index (χ2v) is 2.94. The number of likely N-dealkylation sites (tertiary alicyclic amines) is 1. The molecular formula is C7H9NO6. The zero-order valence-corrected chi connectivity index (χ0v) is 7.08. The Morgan fingerprint density at radius 2 is 1.86 bits per heavy atom. The first kappa shape index (κ1) is 10.5. The van der Waals surface area contributed by atoms with Gasteiger partial charge in [-0.05, 0) is 12.8 Å². The highest BCUT2D eigenvalue weighted by Gasteiger charge is 2.41. The first-order valence-corrected chi connectivity index (χ1v) is 3.92. The number of imide groups is 1. The van der Waals surface area contributed by atoms with Crippen LogP contribution in [0.3, 0.4) is 0 Å².